The number of hydrogen-bond donors (Lipinski definition) is 3. The molecule has 0 aromatic rings. The number of unbranched alkanes of at least 4 members (excludes halogenated alkanes) is 52. The molecule has 0 aromatic heterocycles. The van der Waals surface area contributed by atoms with Gasteiger partial charge in [-0.15, -0.1) is 0 Å². The molecule has 0 aliphatic rings. The first-order chi connectivity index (χ1) is 49.4. The molecule has 0 amide bonds. The Bertz CT molecular complexity index is 1960. The van der Waals surface area contributed by atoms with E-state index in [4.69, 9.17) is 37.0 Å². The number of carbonyl (C=O) groups excluding carboxylic acids is 4. The van der Waals surface area contributed by atoms with E-state index in [-0.39, 0.29) is 25.7 Å². The van der Waals surface area contributed by atoms with Gasteiger partial charge in [0.1, 0.15) is 19.3 Å². The lowest BCUT2D eigenvalue weighted by Crippen LogP contribution is -2.30. The monoisotopic (exact) mass is 1490 g/mol. The molecule has 3 N–H and O–H groups in total. The number of phosphoric acid groups is 2. The zero-order valence-corrected chi connectivity index (χ0v) is 68.7. The summed E-state index contributed by atoms with van der Waals surface area (Å²) in [6.07, 6.45) is 65.2. The van der Waals surface area contributed by atoms with Gasteiger partial charge in [0.2, 0.25) is 0 Å². The Labute approximate surface area is 626 Å². The predicted octanol–water partition coefficient (Wildman–Crippen LogP) is 25.1. The van der Waals surface area contributed by atoms with Gasteiger partial charge in [0.15, 0.2) is 12.2 Å². The van der Waals surface area contributed by atoms with Crippen LogP contribution in [-0.4, -0.2) is 96.7 Å². The first-order valence-electron chi connectivity index (χ1n) is 43.0. The van der Waals surface area contributed by atoms with E-state index in [1.807, 2.05) is 0 Å². The minimum Gasteiger partial charge on any atom is -0.462 e. The second kappa shape index (κ2) is 74.5. The van der Waals surface area contributed by atoms with Crippen LogP contribution in [0.4, 0.5) is 0 Å². The summed E-state index contributed by atoms with van der Waals surface area (Å²) in [5.41, 5.74) is 0. The highest BCUT2D eigenvalue weighted by Crippen LogP contribution is 2.45. The average Bonchev–Trinajstić information content (AvgIpc) is 1.03. The fraction of sp³-hybridized carbons (Fsp3) is 0.952. The molecule has 5 atom stereocenters. The summed E-state index contributed by atoms with van der Waals surface area (Å²) < 4.78 is 68.8. The number of hydrogen-bond acceptors (Lipinski definition) is 15. The van der Waals surface area contributed by atoms with Crippen molar-refractivity contribution in [1.29, 1.82) is 0 Å². The van der Waals surface area contributed by atoms with Crippen molar-refractivity contribution in [2.24, 2.45) is 11.8 Å². The van der Waals surface area contributed by atoms with E-state index < -0.39 is 97.5 Å². The summed E-state index contributed by atoms with van der Waals surface area (Å²) in [5.74, 6) is -0.588. The third-order valence-corrected chi connectivity index (χ3v) is 21.4. The van der Waals surface area contributed by atoms with Crippen LogP contribution in [0.1, 0.15) is 440 Å². The molecule has 606 valence electrons. The highest BCUT2D eigenvalue weighted by Gasteiger charge is 2.30. The summed E-state index contributed by atoms with van der Waals surface area (Å²) in [4.78, 5) is 73.1. The molecule has 17 nitrogen and oxygen atoms in total. The van der Waals surface area contributed by atoms with Crippen molar-refractivity contribution < 1.29 is 80.2 Å². The molecule has 0 spiro atoms. The summed E-state index contributed by atoms with van der Waals surface area (Å²) >= 11 is 0. The first-order valence-corrected chi connectivity index (χ1v) is 46.0. The molecular weight excluding hydrogens is 1330 g/mol. The van der Waals surface area contributed by atoms with Crippen LogP contribution >= 0.6 is 15.6 Å². The van der Waals surface area contributed by atoms with E-state index in [1.165, 1.54) is 257 Å². The van der Waals surface area contributed by atoms with Gasteiger partial charge in [-0.05, 0) is 37.5 Å². The van der Waals surface area contributed by atoms with Gasteiger partial charge < -0.3 is 33.8 Å². The van der Waals surface area contributed by atoms with Crippen LogP contribution in [0.5, 0.6) is 0 Å². The van der Waals surface area contributed by atoms with Gasteiger partial charge in [-0.25, -0.2) is 9.13 Å². The summed E-state index contributed by atoms with van der Waals surface area (Å²) in [6, 6.07) is 0. The zero-order chi connectivity index (χ0) is 74.9. The second-order valence-electron chi connectivity index (χ2n) is 30.8. The molecule has 0 fully saturated rings. The van der Waals surface area contributed by atoms with Crippen molar-refractivity contribution in [3.05, 3.63) is 0 Å². The van der Waals surface area contributed by atoms with Crippen molar-refractivity contribution in [2.45, 2.75) is 458 Å². The van der Waals surface area contributed by atoms with Crippen molar-refractivity contribution in [3.63, 3.8) is 0 Å². The predicted molar refractivity (Wildman–Crippen MR) is 418 cm³/mol. The SMILES string of the molecule is CCCCCCCCCCCCCCCCCCCCCCC(=O)O[C@H](COC(=O)CCCCCCCCCCCCCCCC(C)C)COP(=O)(O)OC[C@@H](O)COP(=O)(O)OC[C@@H](COC(=O)CCCCCCCCCCC(C)C)OC(=O)CCCCCCCCCCCCCCCCC. The summed E-state index contributed by atoms with van der Waals surface area (Å²) in [7, 11) is -9.92. The minimum atomic E-state index is -4.96. The first kappa shape index (κ1) is 100. The molecule has 0 heterocycles. The Morgan fingerprint density at radius 2 is 0.451 bits per heavy atom. The summed E-state index contributed by atoms with van der Waals surface area (Å²) in [5, 5.41) is 10.7. The van der Waals surface area contributed by atoms with Gasteiger partial charge in [-0.1, -0.05) is 388 Å². The Balaban J connectivity index is 5.24. The van der Waals surface area contributed by atoms with Crippen LogP contribution in [0.15, 0.2) is 0 Å². The van der Waals surface area contributed by atoms with Crippen molar-refractivity contribution >= 4 is 39.5 Å². The Morgan fingerprint density at radius 1 is 0.265 bits per heavy atom. The van der Waals surface area contributed by atoms with Crippen LogP contribution in [0.25, 0.3) is 0 Å². The molecule has 19 heteroatoms. The van der Waals surface area contributed by atoms with Gasteiger partial charge in [-0.3, -0.25) is 37.3 Å². The Kier molecular flexibility index (Phi) is 73.1. The number of aliphatic hydroxyl groups is 1. The average molecular weight is 1490 g/mol. The lowest BCUT2D eigenvalue weighted by Gasteiger charge is -2.21. The molecule has 0 aliphatic heterocycles. The van der Waals surface area contributed by atoms with E-state index >= 15 is 0 Å². The van der Waals surface area contributed by atoms with Crippen LogP contribution < -0.4 is 0 Å². The molecule has 0 bridgehead atoms. The molecule has 0 radical (unpaired) electrons. The van der Waals surface area contributed by atoms with E-state index in [0.29, 0.717) is 25.7 Å². The molecule has 0 saturated carbocycles. The quantitative estimate of drug-likeness (QED) is 0.0222. The van der Waals surface area contributed by atoms with Crippen molar-refractivity contribution in [1.82, 2.24) is 0 Å². The molecule has 0 aromatic carbocycles. The van der Waals surface area contributed by atoms with E-state index in [0.717, 1.165) is 102 Å². The van der Waals surface area contributed by atoms with Gasteiger partial charge in [0, 0.05) is 25.7 Å². The van der Waals surface area contributed by atoms with Gasteiger partial charge in [0.25, 0.3) is 0 Å². The number of rotatable bonds is 82. The Hall–Kier alpha value is -1.94. The molecule has 0 aliphatic carbocycles. The maximum atomic E-state index is 13.1. The maximum Gasteiger partial charge on any atom is 0.472 e. The maximum absolute atomic E-state index is 13.1. The van der Waals surface area contributed by atoms with E-state index in [1.54, 1.807) is 0 Å². The molecule has 0 rings (SSSR count). The second-order valence-corrected chi connectivity index (χ2v) is 33.7. The molecular formula is C83H162O17P2. The van der Waals surface area contributed by atoms with Crippen LogP contribution in [0, 0.1) is 11.8 Å². The van der Waals surface area contributed by atoms with Gasteiger partial charge >= 0.3 is 39.5 Å². The fourth-order valence-electron chi connectivity index (χ4n) is 12.9. The highest BCUT2D eigenvalue weighted by molar-refractivity contribution is 7.47. The van der Waals surface area contributed by atoms with Crippen LogP contribution in [0.2, 0.25) is 0 Å². The number of esters is 4. The lowest BCUT2D eigenvalue weighted by atomic mass is 10.0. The Morgan fingerprint density at radius 3 is 0.667 bits per heavy atom. The van der Waals surface area contributed by atoms with Crippen molar-refractivity contribution in [2.75, 3.05) is 39.6 Å². The minimum absolute atomic E-state index is 0.108. The number of aliphatic hydroxyl groups excluding tert-OH is 1. The summed E-state index contributed by atoms with van der Waals surface area (Å²) in [6.45, 7) is 9.64. The van der Waals surface area contributed by atoms with Crippen LogP contribution in [0.3, 0.4) is 0 Å². The molecule has 0 saturated heterocycles. The normalized spacial score (nSPS) is 13.9. The van der Waals surface area contributed by atoms with Crippen LogP contribution in [-0.2, 0) is 65.4 Å². The van der Waals surface area contributed by atoms with Gasteiger partial charge in [-0.2, -0.15) is 0 Å². The largest absolute Gasteiger partial charge is 0.472 e. The topological polar surface area (TPSA) is 237 Å². The standard InChI is InChI=1S/C83H162O17P2/c1-7-9-11-13-15-17-19-21-23-24-25-26-27-29-33-38-42-50-56-62-68-82(87)99-78(71-93-80(85)65-59-53-47-40-36-34-30-31-35-39-45-51-57-63-75(3)4)73-97-101(89,90)95-69-77(84)70-96-102(91,92)98-74-79(72-94-81(86)66-60-54-48-44-43-46-52-58-64-76(5)6)100-83(88)67-61-55-49-41-37-32-28-22-20-18-16-14-12-10-8-2/h75-79,84H,7-74H2,1-6H3,(H,89,90)(H,91,92)/t77-,78-,79-/m1/s1. The lowest BCUT2D eigenvalue weighted by molar-refractivity contribution is -0.161. The van der Waals surface area contributed by atoms with Gasteiger partial charge in [0.05, 0.1) is 26.4 Å². The zero-order valence-electron chi connectivity index (χ0n) is 66.9. The highest BCUT2D eigenvalue weighted by atomic mass is 31.2. The molecule has 102 heavy (non-hydrogen) atoms. The number of carbonyl (C=O) groups is 4. The molecule has 2 unspecified atom stereocenters. The van der Waals surface area contributed by atoms with Crippen molar-refractivity contribution in [3.8, 4) is 0 Å². The third-order valence-electron chi connectivity index (χ3n) is 19.5. The fourth-order valence-corrected chi connectivity index (χ4v) is 14.5. The number of phosphoric ester groups is 2. The van der Waals surface area contributed by atoms with E-state index in [9.17, 15) is 43.2 Å². The smallest absolute Gasteiger partial charge is 0.462 e. The van der Waals surface area contributed by atoms with E-state index in [2.05, 4.69) is 41.5 Å². The number of ether oxygens (including phenoxy) is 4. The third kappa shape index (κ3) is 76.3.